The van der Waals surface area contributed by atoms with Crippen LogP contribution >= 0.6 is 0 Å². The lowest BCUT2D eigenvalue weighted by Gasteiger charge is -2.42. The van der Waals surface area contributed by atoms with Crippen LogP contribution in [0.4, 0.5) is 0 Å². The minimum Gasteiger partial charge on any atom is -0.483 e. The fourth-order valence-corrected chi connectivity index (χ4v) is 3.58. The normalized spacial score (nSPS) is 19.8. The number of likely N-dealkylation sites (N-methyl/N-ethyl adjacent to an activating group) is 1. The third-order valence-electron chi connectivity index (χ3n) is 4.71. The minimum absolute atomic E-state index is 0.111. The number of nitrogens with zero attached hydrogens (tertiary/aromatic N) is 6. The summed E-state index contributed by atoms with van der Waals surface area (Å²) in [6.07, 6.45) is 9.44. The number of aryl methyl sites for hydroxylation is 1. The van der Waals surface area contributed by atoms with Crippen molar-refractivity contribution in [2.75, 3.05) is 27.2 Å². The highest BCUT2D eigenvalue weighted by atomic mass is 16.3. The van der Waals surface area contributed by atoms with Crippen molar-refractivity contribution in [1.29, 1.82) is 0 Å². The Bertz CT molecular complexity index is 727. The SMILES string of the molecule is CCn1cc(CN2CCCC(C(=O)N(C)C)(n3cccn3)C2)cn1.O=CO. The predicted molar refractivity (Wildman–Crippen MR) is 100.0 cm³/mol. The fourth-order valence-electron chi connectivity index (χ4n) is 3.58. The zero-order chi connectivity index (χ0) is 19.9. The number of rotatable bonds is 5. The molecule has 3 rings (SSSR count). The maximum absolute atomic E-state index is 13.0. The molecule has 0 aromatic carbocycles. The molecule has 1 aliphatic rings. The van der Waals surface area contributed by atoms with E-state index in [1.54, 1.807) is 11.1 Å². The van der Waals surface area contributed by atoms with E-state index in [2.05, 4.69) is 28.2 Å². The highest BCUT2D eigenvalue weighted by Crippen LogP contribution is 2.31. The van der Waals surface area contributed by atoms with Crippen LogP contribution in [-0.2, 0) is 28.2 Å². The number of amides is 1. The molecule has 0 saturated carbocycles. The van der Waals surface area contributed by atoms with Crippen LogP contribution in [-0.4, -0.2) is 74.0 Å². The Morgan fingerprint density at radius 1 is 1.41 bits per heavy atom. The number of piperidine rings is 1. The first-order valence-electron chi connectivity index (χ1n) is 9.00. The Balaban J connectivity index is 0.000000817. The molecule has 0 bridgehead atoms. The van der Waals surface area contributed by atoms with E-state index >= 15 is 0 Å². The van der Waals surface area contributed by atoms with Gasteiger partial charge in [0.05, 0.1) is 6.20 Å². The van der Waals surface area contributed by atoms with Gasteiger partial charge in [0.1, 0.15) is 0 Å². The molecule has 1 N–H and O–H groups in total. The van der Waals surface area contributed by atoms with E-state index in [1.807, 2.05) is 41.9 Å². The average Bonchev–Trinajstić information content (AvgIpc) is 3.34. The summed E-state index contributed by atoms with van der Waals surface area (Å²) < 4.78 is 3.78. The number of carboxylic acid groups (broad SMARTS) is 1. The van der Waals surface area contributed by atoms with Gasteiger partial charge in [-0.05, 0) is 32.4 Å². The van der Waals surface area contributed by atoms with Crippen molar-refractivity contribution >= 4 is 12.4 Å². The zero-order valence-corrected chi connectivity index (χ0v) is 16.2. The van der Waals surface area contributed by atoms with Crippen molar-refractivity contribution in [3.8, 4) is 0 Å². The van der Waals surface area contributed by atoms with Gasteiger partial charge >= 0.3 is 0 Å². The molecule has 9 heteroatoms. The minimum atomic E-state index is -0.619. The summed E-state index contributed by atoms with van der Waals surface area (Å²) in [5.41, 5.74) is 0.567. The van der Waals surface area contributed by atoms with Gasteiger partial charge in [-0.1, -0.05) is 0 Å². The maximum Gasteiger partial charge on any atom is 0.290 e. The second kappa shape index (κ2) is 9.31. The molecule has 0 spiro atoms. The van der Waals surface area contributed by atoms with E-state index < -0.39 is 5.54 Å². The van der Waals surface area contributed by atoms with Gasteiger partial charge in [0.25, 0.3) is 12.4 Å². The molecule has 1 saturated heterocycles. The molecule has 1 amide bonds. The summed E-state index contributed by atoms with van der Waals surface area (Å²) in [5.74, 6) is 0.111. The van der Waals surface area contributed by atoms with E-state index in [0.717, 1.165) is 32.5 Å². The summed E-state index contributed by atoms with van der Waals surface area (Å²) in [4.78, 5) is 25.4. The monoisotopic (exact) mass is 376 g/mol. The van der Waals surface area contributed by atoms with Crippen molar-refractivity contribution in [2.45, 2.75) is 38.4 Å². The van der Waals surface area contributed by atoms with Crippen molar-refractivity contribution in [1.82, 2.24) is 29.4 Å². The molecule has 1 atom stereocenters. The third-order valence-corrected chi connectivity index (χ3v) is 4.71. The molecular weight excluding hydrogens is 348 g/mol. The van der Waals surface area contributed by atoms with Gasteiger partial charge in [0.15, 0.2) is 5.54 Å². The van der Waals surface area contributed by atoms with Gasteiger partial charge < -0.3 is 10.0 Å². The molecule has 1 aliphatic heterocycles. The van der Waals surface area contributed by atoms with Crippen LogP contribution in [0.2, 0.25) is 0 Å². The Hall–Kier alpha value is -2.68. The molecular formula is C18H28N6O3. The first-order chi connectivity index (χ1) is 13.0. The molecule has 1 unspecified atom stereocenters. The first kappa shape index (κ1) is 20.6. The number of aromatic nitrogens is 4. The number of hydrogen-bond acceptors (Lipinski definition) is 5. The molecule has 148 valence electrons. The van der Waals surface area contributed by atoms with E-state index in [1.165, 1.54) is 5.56 Å². The Morgan fingerprint density at radius 3 is 2.70 bits per heavy atom. The number of carbonyl (C=O) groups excluding carboxylic acids is 1. The van der Waals surface area contributed by atoms with Gasteiger partial charge in [-0.2, -0.15) is 10.2 Å². The van der Waals surface area contributed by atoms with Crippen molar-refractivity contribution < 1.29 is 14.7 Å². The Labute approximate surface area is 159 Å². The molecule has 0 radical (unpaired) electrons. The van der Waals surface area contributed by atoms with Crippen LogP contribution in [0.1, 0.15) is 25.3 Å². The van der Waals surface area contributed by atoms with E-state index in [0.29, 0.717) is 6.54 Å². The molecule has 2 aromatic rings. The lowest BCUT2D eigenvalue weighted by atomic mass is 9.87. The summed E-state index contributed by atoms with van der Waals surface area (Å²) in [7, 11) is 3.63. The highest BCUT2D eigenvalue weighted by molar-refractivity contribution is 5.84. The predicted octanol–water partition coefficient (Wildman–Crippen LogP) is 0.880. The first-order valence-corrected chi connectivity index (χ1v) is 9.00. The molecule has 9 nitrogen and oxygen atoms in total. The molecule has 27 heavy (non-hydrogen) atoms. The third kappa shape index (κ3) is 4.73. The average molecular weight is 376 g/mol. The van der Waals surface area contributed by atoms with Crippen LogP contribution < -0.4 is 0 Å². The largest absolute Gasteiger partial charge is 0.483 e. The second-order valence-electron chi connectivity index (χ2n) is 6.81. The number of carbonyl (C=O) groups is 2. The van der Waals surface area contributed by atoms with Gasteiger partial charge in [0, 0.05) is 57.9 Å². The van der Waals surface area contributed by atoms with Crippen molar-refractivity contribution in [3.05, 3.63) is 36.4 Å². The number of likely N-dealkylation sites (tertiary alicyclic amines) is 1. The van der Waals surface area contributed by atoms with E-state index in [-0.39, 0.29) is 12.4 Å². The smallest absolute Gasteiger partial charge is 0.290 e. The lowest BCUT2D eigenvalue weighted by Crippen LogP contribution is -2.58. The Kier molecular flexibility index (Phi) is 7.12. The Morgan fingerprint density at radius 2 is 2.15 bits per heavy atom. The topological polar surface area (TPSA) is 96.5 Å². The van der Waals surface area contributed by atoms with E-state index in [4.69, 9.17) is 9.90 Å². The van der Waals surface area contributed by atoms with E-state index in [9.17, 15) is 4.79 Å². The molecule has 1 fully saturated rings. The highest BCUT2D eigenvalue weighted by Gasteiger charge is 2.45. The summed E-state index contributed by atoms with van der Waals surface area (Å²) in [6.45, 7) is 5.17. The summed E-state index contributed by atoms with van der Waals surface area (Å²) in [6, 6.07) is 1.88. The lowest BCUT2D eigenvalue weighted by molar-refractivity contribution is -0.142. The zero-order valence-electron chi connectivity index (χ0n) is 16.2. The number of hydrogen-bond donors (Lipinski definition) is 1. The standard InChI is InChI=1S/C17H26N6O.CH2O2/c1-4-22-13-15(11-19-22)12-21-9-5-7-17(14-21,16(24)20(2)3)23-10-6-8-18-23;2-1-3/h6,8,10-11,13H,4-5,7,9,12,14H2,1-3H3;1H,(H,2,3). The van der Waals surface area contributed by atoms with Gasteiger partial charge in [-0.15, -0.1) is 0 Å². The fraction of sp³-hybridized carbons (Fsp3) is 0.556. The summed E-state index contributed by atoms with van der Waals surface area (Å²) in [5, 5.41) is 15.6. The van der Waals surface area contributed by atoms with Crippen LogP contribution in [0.15, 0.2) is 30.9 Å². The quantitative estimate of drug-likeness (QED) is 0.778. The second-order valence-corrected chi connectivity index (χ2v) is 6.81. The van der Waals surface area contributed by atoms with Crippen LogP contribution in [0.5, 0.6) is 0 Å². The molecule has 0 aliphatic carbocycles. The maximum atomic E-state index is 13.0. The van der Waals surface area contributed by atoms with Crippen LogP contribution in [0.25, 0.3) is 0 Å². The van der Waals surface area contributed by atoms with Crippen molar-refractivity contribution in [3.63, 3.8) is 0 Å². The molecule has 2 aromatic heterocycles. The van der Waals surface area contributed by atoms with Gasteiger partial charge in [-0.25, -0.2) is 0 Å². The van der Waals surface area contributed by atoms with Gasteiger partial charge in [0.2, 0.25) is 0 Å². The summed E-state index contributed by atoms with van der Waals surface area (Å²) >= 11 is 0. The van der Waals surface area contributed by atoms with Crippen LogP contribution in [0, 0.1) is 0 Å². The molecule has 3 heterocycles. The van der Waals surface area contributed by atoms with Gasteiger partial charge in [-0.3, -0.25) is 23.9 Å². The van der Waals surface area contributed by atoms with Crippen LogP contribution in [0.3, 0.4) is 0 Å². The van der Waals surface area contributed by atoms with Crippen molar-refractivity contribution in [2.24, 2.45) is 0 Å².